The Bertz CT molecular complexity index is 375. The van der Waals surface area contributed by atoms with Gasteiger partial charge in [-0.05, 0) is 46.4 Å². The number of halogens is 2. The lowest BCUT2D eigenvalue weighted by atomic mass is 9.92. The zero-order valence-electron chi connectivity index (χ0n) is 11.4. The molecular weight excluding hydrogens is 253 g/mol. The molecule has 0 radical (unpaired) electrons. The molecule has 1 unspecified atom stereocenters. The van der Waals surface area contributed by atoms with E-state index in [4.69, 9.17) is 16.3 Å². The molecule has 0 spiro atoms. The van der Waals surface area contributed by atoms with Gasteiger partial charge in [0.2, 0.25) is 0 Å². The van der Waals surface area contributed by atoms with Gasteiger partial charge in [-0.1, -0.05) is 17.7 Å². The standard InChI is InChI=1S/C14H21ClFNO/c1-5-18-14(2,3)13(17-4)9-10-11(15)7-6-8-12(10)16/h6-8,13,17H,5,9H2,1-4H3. The van der Waals surface area contributed by atoms with Gasteiger partial charge in [-0.3, -0.25) is 0 Å². The van der Waals surface area contributed by atoms with Gasteiger partial charge < -0.3 is 10.1 Å². The first-order chi connectivity index (χ1) is 8.42. The van der Waals surface area contributed by atoms with Crippen molar-refractivity contribution < 1.29 is 9.13 Å². The van der Waals surface area contributed by atoms with Crippen molar-refractivity contribution >= 4 is 11.6 Å². The number of ether oxygens (including phenoxy) is 1. The van der Waals surface area contributed by atoms with Crippen molar-refractivity contribution in [3.05, 3.63) is 34.6 Å². The molecule has 0 saturated carbocycles. The second-order valence-electron chi connectivity index (χ2n) is 4.78. The third-order valence-electron chi connectivity index (χ3n) is 3.17. The van der Waals surface area contributed by atoms with E-state index >= 15 is 0 Å². The summed E-state index contributed by atoms with van der Waals surface area (Å²) in [4.78, 5) is 0. The minimum absolute atomic E-state index is 0.00755. The van der Waals surface area contributed by atoms with Crippen LogP contribution in [0.15, 0.2) is 18.2 Å². The molecule has 0 fully saturated rings. The summed E-state index contributed by atoms with van der Waals surface area (Å²) in [5.41, 5.74) is 0.154. The van der Waals surface area contributed by atoms with E-state index in [9.17, 15) is 4.39 Å². The minimum atomic E-state index is -0.380. The van der Waals surface area contributed by atoms with E-state index in [1.54, 1.807) is 12.1 Å². The molecule has 1 atom stereocenters. The number of nitrogens with one attached hydrogen (secondary N) is 1. The van der Waals surface area contributed by atoms with Gasteiger partial charge in [0.1, 0.15) is 5.82 Å². The van der Waals surface area contributed by atoms with Gasteiger partial charge in [0.25, 0.3) is 0 Å². The van der Waals surface area contributed by atoms with Crippen LogP contribution in [-0.4, -0.2) is 25.3 Å². The molecule has 1 aromatic rings. The Labute approximate surface area is 113 Å². The summed E-state index contributed by atoms with van der Waals surface area (Å²) < 4.78 is 19.5. The lowest BCUT2D eigenvalue weighted by Crippen LogP contribution is -2.48. The van der Waals surface area contributed by atoms with Crippen LogP contribution in [0.4, 0.5) is 4.39 Å². The molecule has 18 heavy (non-hydrogen) atoms. The van der Waals surface area contributed by atoms with Crippen LogP contribution in [0.25, 0.3) is 0 Å². The predicted octanol–water partition coefficient (Wildman–Crippen LogP) is 3.42. The Morgan fingerprint density at radius 1 is 1.44 bits per heavy atom. The Kier molecular flexibility index (Phi) is 5.57. The fourth-order valence-electron chi connectivity index (χ4n) is 2.10. The van der Waals surface area contributed by atoms with Crippen LogP contribution in [0.5, 0.6) is 0 Å². The van der Waals surface area contributed by atoms with Crippen molar-refractivity contribution in [3.63, 3.8) is 0 Å². The highest BCUT2D eigenvalue weighted by Crippen LogP contribution is 2.25. The highest BCUT2D eigenvalue weighted by molar-refractivity contribution is 6.31. The fraction of sp³-hybridized carbons (Fsp3) is 0.571. The highest BCUT2D eigenvalue weighted by atomic mass is 35.5. The number of likely N-dealkylation sites (N-methyl/N-ethyl adjacent to an activating group) is 1. The normalized spacial score (nSPS) is 13.7. The summed E-state index contributed by atoms with van der Waals surface area (Å²) in [7, 11) is 1.85. The second kappa shape index (κ2) is 6.50. The van der Waals surface area contributed by atoms with Crippen molar-refractivity contribution in [2.45, 2.75) is 38.8 Å². The average molecular weight is 274 g/mol. The number of benzene rings is 1. The molecule has 102 valence electrons. The molecule has 0 heterocycles. The summed E-state index contributed by atoms with van der Waals surface area (Å²) >= 11 is 6.05. The zero-order valence-corrected chi connectivity index (χ0v) is 12.1. The van der Waals surface area contributed by atoms with Crippen molar-refractivity contribution in [2.75, 3.05) is 13.7 Å². The molecule has 1 aromatic carbocycles. The number of hydrogen-bond donors (Lipinski definition) is 1. The maximum Gasteiger partial charge on any atom is 0.127 e. The summed E-state index contributed by atoms with van der Waals surface area (Å²) in [6.45, 7) is 6.56. The van der Waals surface area contributed by atoms with Crippen LogP contribution in [-0.2, 0) is 11.2 Å². The second-order valence-corrected chi connectivity index (χ2v) is 5.19. The maximum atomic E-state index is 13.8. The van der Waals surface area contributed by atoms with Crippen LogP contribution < -0.4 is 5.32 Å². The van der Waals surface area contributed by atoms with Crippen molar-refractivity contribution in [1.29, 1.82) is 0 Å². The zero-order chi connectivity index (χ0) is 13.8. The quantitative estimate of drug-likeness (QED) is 0.857. The van der Waals surface area contributed by atoms with E-state index in [2.05, 4.69) is 5.32 Å². The topological polar surface area (TPSA) is 21.3 Å². The Morgan fingerprint density at radius 2 is 2.11 bits per heavy atom. The smallest absolute Gasteiger partial charge is 0.127 e. The first kappa shape index (κ1) is 15.4. The molecule has 0 amide bonds. The van der Waals surface area contributed by atoms with E-state index in [1.165, 1.54) is 6.07 Å². The Hall–Kier alpha value is -0.640. The lowest BCUT2D eigenvalue weighted by molar-refractivity contribution is -0.0364. The molecule has 0 bridgehead atoms. The molecule has 0 aromatic heterocycles. The van der Waals surface area contributed by atoms with Crippen molar-refractivity contribution in [1.82, 2.24) is 5.32 Å². The van der Waals surface area contributed by atoms with Crippen LogP contribution in [0.3, 0.4) is 0 Å². The SMILES string of the molecule is CCOC(C)(C)C(Cc1c(F)cccc1Cl)NC. The van der Waals surface area contributed by atoms with Gasteiger partial charge in [0.15, 0.2) is 0 Å². The van der Waals surface area contributed by atoms with Gasteiger partial charge in [-0.15, -0.1) is 0 Å². The van der Waals surface area contributed by atoms with Gasteiger partial charge in [-0.2, -0.15) is 0 Å². The van der Waals surface area contributed by atoms with Gasteiger partial charge in [-0.25, -0.2) is 4.39 Å². The van der Waals surface area contributed by atoms with Crippen LogP contribution in [0.2, 0.25) is 5.02 Å². The first-order valence-electron chi connectivity index (χ1n) is 6.16. The van der Waals surface area contributed by atoms with Gasteiger partial charge >= 0.3 is 0 Å². The van der Waals surface area contributed by atoms with Crippen LogP contribution >= 0.6 is 11.6 Å². The third kappa shape index (κ3) is 3.67. The van der Waals surface area contributed by atoms with E-state index in [-0.39, 0.29) is 17.5 Å². The third-order valence-corrected chi connectivity index (χ3v) is 3.53. The molecule has 0 aliphatic heterocycles. The Balaban J connectivity index is 2.93. The summed E-state index contributed by atoms with van der Waals surface area (Å²) in [6, 6.07) is 4.75. The molecule has 0 aliphatic rings. The molecule has 0 saturated heterocycles. The molecule has 1 N–H and O–H groups in total. The monoisotopic (exact) mass is 273 g/mol. The van der Waals surface area contributed by atoms with Gasteiger partial charge in [0.05, 0.1) is 5.60 Å². The summed E-state index contributed by atoms with van der Waals surface area (Å²) in [5.74, 6) is -0.268. The van der Waals surface area contributed by atoms with Gasteiger partial charge in [0, 0.05) is 23.2 Å². The molecule has 0 aliphatic carbocycles. The number of rotatable bonds is 6. The number of hydrogen-bond acceptors (Lipinski definition) is 2. The molecule has 4 heteroatoms. The highest BCUT2D eigenvalue weighted by Gasteiger charge is 2.30. The van der Waals surface area contributed by atoms with Crippen LogP contribution in [0.1, 0.15) is 26.3 Å². The average Bonchev–Trinajstić information content (AvgIpc) is 2.28. The van der Waals surface area contributed by atoms with Crippen LogP contribution in [0, 0.1) is 5.82 Å². The predicted molar refractivity (Wildman–Crippen MR) is 73.7 cm³/mol. The maximum absolute atomic E-state index is 13.8. The molecule has 2 nitrogen and oxygen atoms in total. The molecule has 1 rings (SSSR count). The summed E-state index contributed by atoms with van der Waals surface area (Å²) in [6.07, 6.45) is 0.495. The van der Waals surface area contributed by atoms with Crippen molar-refractivity contribution in [3.8, 4) is 0 Å². The lowest BCUT2D eigenvalue weighted by Gasteiger charge is -2.34. The summed E-state index contributed by atoms with van der Waals surface area (Å²) in [5, 5.41) is 3.64. The largest absolute Gasteiger partial charge is 0.374 e. The molecular formula is C14H21ClFNO. The van der Waals surface area contributed by atoms with E-state index in [1.807, 2.05) is 27.8 Å². The van der Waals surface area contributed by atoms with E-state index in [0.29, 0.717) is 23.6 Å². The van der Waals surface area contributed by atoms with E-state index in [0.717, 1.165) is 0 Å². The fourth-order valence-corrected chi connectivity index (χ4v) is 2.34. The van der Waals surface area contributed by atoms with E-state index < -0.39 is 0 Å². The van der Waals surface area contributed by atoms with Crippen molar-refractivity contribution in [2.24, 2.45) is 0 Å². The Morgan fingerprint density at radius 3 is 2.61 bits per heavy atom. The minimum Gasteiger partial charge on any atom is -0.374 e. The first-order valence-corrected chi connectivity index (χ1v) is 6.54.